The Bertz CT molecular complexity index is 313. The molecule has 0 aromatic carbocycles. The van der Waals surface area contributed by atoms with E-state index in [0.717, 1.165) is 0 Å². The van der Waals surface area contributed by atoms with Gasteiger partial charge in [-0.25, -0.2) is 4.79 Å². The first-order chi connectivity index (χ1) is 8.29. The lowest BCUT2D eigenvalue weighted by atomic mass is 9.99. The van der Waals surface area contributed by atoms with E-state index in [2.05, 4.69) is 4.74 Å². The zero-order valence-electron chi connectivity index (χ0n) is 9.22. The van der Waals surface area contributed by atoms with Crippen LogP contribution in [0.15, 0.2) is 0 Å². The molecule has 18 heavy (non-hydrogen) atoms. The van der Waals surface area contributed by atoms with Crippen molar-refractivity contribution >= 4 is 17.9 Å². The van der Waals surface area contributed by atoms with Crippen molar-refractivity contribution in [3.05, 3.63) is 0 Å². The van der Waals surface area contributed by atoms with Crippen LogP contribution in [-0.2, 0) is 19.1 Å². The highest BCUT2D eigenvalue weighted by atomic mass is 16.5. The summed E-state index contributed by atoms with van der Waals surface area (Å²) in [5.41, 5.74) is 0. The van der Waals surface area contributed by atoms with Gasteiger partial charge in [0, 0.05) is 0 Å². The number of carbonyl (C=O) groups is 3. The van der Waals surface area contributed by atoms with E-state index in [0.29, 0.717) is 0 Å². The van der Waals surface area contributed by atoms with Gasteiger partial charge in [0.05, 0.1) is 13.0 Å². The quantitative estimate of drug-likeness (QED) is 0.297. The van der Waals surface area contributed by atoms with Crippen LogP contribution >= 0.6 is 0 Å². The standard InChI is InChI=1S/C9H14O9/c10-2-4(11)3-18-6(12)1-5(8(14)15)7(13)9(16)17/h4-5,7,10-11,13H,1-3H2,(H,14,15)(H,16,17). The van der Waals surface area contributed by atoms with Crippen LogP contribution < -0.4 is 0 Å². The molecule has 0 saturated carbocycles. The molecular weight excluding hydrogens is 252 g/mol. The molecule has 0 fully saturated rings. The van der Waals surface area contributed by atoms with Crippen LogP contribution in [0.3, 0.4) is 0 Å². The second kappa shape index (κ2) is 7.58. The van der Waals surface area contributed by atoms with E-state index < -0.39 is 55.7 Å². The third-order valence-corrected chi connectivity index (χ3v) is 1.99. The predicted octanol–water partition coefficient (Wildman–Crippen LogP) is -2.58. The van der Waals surface area contributed by atoms with E-state index in [1.54, 1.807) is 0 Å². The number of hydrogen-bond acceptors (Lipinski definition) is 7. The molecule has 0 aliphatic carbocycles. The fourth-order valence-corrected chi connectivity index (χ4v) is 0.986. The predicted molar refractivity (Wildman–Crippen MR) is 53.4 cm³/mol. The molecule has 0 heterocycles. The molecule has 5 N–H and O–H groups in total. The molecule has 104 valence electrons. The number of aliphatic hydroxyl groups is 3. The fraction of sp³-hybridized carbons (Fsp3) is 0.667. The van der Waals surface area contributed by atoms with Crippen molar-refractivity contribution < 1.29 is 44.7 Å². The average molecular weight is 266 g/mol. The van der Waals surface area contributed by atoms with Gasteiger partial charge in [-0.3, -0.25) is 9.59 Å². The Hall–Kier alpha value is -1.71. The minimum absolute atomic E-state index is 0.551. The van der Waals surface area contributed by atoms with Gasteiger partial charge < -0.3 is 30.3 Å². The highest BCUT2D eigenvalue weighted by molar-refractivity contribution is 5.85. The van der Waals surface area contributed by atoms with E-state index in [1.165, 1.54) is 0 Å². The van der Waals surface area contributed by atoms with E-state index in [-0.39, 0.29) is 0 Å². The minimum Gasteiger partial charge on any atom is -0.481 e. The SMILES string of the molecule is O=C(CC(C(=O)O)C(O)C(=O)O)OCC(O)CO. The molecule has 0 bridgehead atoms. The molecule has 0 aromatic rings. The van der Waals surface area contributed by atoms with E-state index in [1.807, 2.05) is 0 Å². The third-order valence-electron chi connectivity index (χ3n) is 1.99. The summed E-state index contributed by atoms with van der Waals surface area (Å²) in [6.07, 6.45) is -4.40. The molecule has 0 aromatic heterocycles. The van der Waals surface area contributed by atoms with Gasteiger partial charge in [-0.2, -0.15) is 0 Å². The topological polar surface area (TPSA) is 162 Å². The molecule has 0 aliphatic heterocycles. The van der Waals surface area contributed by atoms with Crippen LogP contribution in [0.5, 0.6) is 0 Å². The summed E-state index contributed by atoms with van der Waals surface area (Å²) in [7, 11) is 0. The van der Waals surface area contributed by atoms with Crippen LogP contribution in [0, 0.1) is 5.92 Å². The largest absolute Gasteiger partial charge is 0.481 e. The molecule has 0 saturated heterocycles. The average Bonchev–Trinajstić information content (AvgIpc) is 2.31. The summed E-state index contributed by atoms with van der Waals surface area (Å²) in [6.45, 7) is -1.20. The number of aliphatic hydroxyl groups excluding tert-OH is 3. The van der Waals surface area contributed by atoms with Crippen molar-refractivity contribution in [1.82, 2.24) is 0 Å². The molecule has 9 heteroatoms. The van der Waals surface area contributed by atoms with Crippen LogP contribution in [-0.4, -0.2) is 68.9 Å². The number of rotatable bonds is 8. The summed E-state index contributed by atoms with van der Waals surface area (Å²) in [4.78, 5) is 32.2. The first kappa shape index (κ1) is 16.3. The Balaban J connectivity index is 4.38. The normalized spacial score (nSPS) is 15.5. The van der Waals surface area contributed by atoms with Crippen molar-refractivity contribution in [3.63, 3.8) is 0 Å². The zero-order valence-corrected chi connectivity index (χ0v) is 9.22. The third kappa shape index (κ3) is 5.57. The van der Waals surface area contributed by atoms with Crippen LogP contribution in [0.25, 0.3) is 0 Å². The first-order valence-electron chi connectivity index (χ1n) is 4.87. The first-order valence-corrected chi connectivity index (χ1v) is 4.87. The van der Waals surface area contributed by atoms with Gasteiger partial charge in [-0.05, 0) is 0 Å². The van der Waals surface area contributed by atoms with E-state index >= 15 is 0 Å². The molecule has 9 nitrogen and oxygen atoms in total. The van der Waals surface area contributed by atoms with Crippen LogP contribution in [0.4, 0.5) is 0 Å². The number of hydrogen-bond donors (Lipinski definition) is 5. The number of ether oxygens (including phenoxy) is 1. The van der Waals surface area contributed by atoms with Gasteiger partial charge in [0.2, 0.25) is 0 Å². The van der Waals surface area contributed by atoms with Crippen molar-refractivity contribution in [1.29, 1.82) is 0 Å². The van der Waals surface area contributed by atoms with Gasteiger partial charge in [0.25, 0.3) is 0 Å². The van der Waals surface area contributed by atoms with Gasteiger partial charge >= 0.3 is 17.9 Å². The molecule has 0 aliphatic rings. The zero-order chi connectivity index (χ0) is 14.3. The maximum atomic E-state index is 11.1. The summed E-state index contributed by atoms with van der Waals surface area (Å²) in [5, 5.41) is 43.4. The van der Waals surface area contributed by atoms with E-state index in [4.69, 9.17) is 25.5 Å². The number of carboxylic acids is 2. The molecule has 0 radical (unpaired) electrons. The van der Waals surface area contributed by atoms with Crippen LogP contribution in [0.2, 0.25) is 0 Å². The Morgan fingerprint density at radius 2 is 1.61 bits per heavy atom. The van der Waals surface area contributed by atoms with Gasteiger partial charge in [0.1, 0.15) is 18.6 Å². The van der Waals surface area contributed by atoms with Gasteiger partial charge in [-0.15, -0.1) is 0 Å². The molecule has 3 atom stereocenters. The molecular formula is C9H14O9. The van der Waals surface area contributed by atoms with Crippen molar-refractivity contribution in [2.75, 3.05) is 13.2 Å². The minimum atomic E-state index is -2.24. The van der Waals surface area contributed by atoms with Crippen molar-refractivity contribution in [3.8, 4) is 0 Å². The molecule has 0 amide bonds. The van der Waals surface area contributed by atoms with E-state index in [9.17, 15) is 14.4 Å². The van der Waals surface area contributed by atoms with Crippen molar-refractivity contribution in [2.45, 2.75) is 18.6 Å². The number of carboxylic acid groups (broad SMARTS) is 2. The second-order valence-corrected chi connectivity index (χ2v) is 3.45. The molecule has 0 spiro atoms. The van der Waals surface area contributed by atoms with Crippen LogP contribution in [0.1, 0.15) is 6.42 Å². The molecule has 0 rings (SSSR count). The Labute approximate surface area is 101 Å². The lowest BCUT2D eigenvalue weighted by Crippen LogP contribution is -2.37. The number of aliphatic carboxylic acids is 2. The van der Waals surface area contributed by atoms with Crippen molar-refractivity contribution in [2.24, 2.45) is 5.92 Å². The summed E-state index contributed by atoms with van der Waals surface area (Å²) >= 11 is 0. The smallest absolute Gasteiger partial charge is 0.333 e. The number of carbonyl (C=O) groups excluding carboxylic acids is 1. The highest BCUT2D eigenvalue weighted by Crippen LogP contribution is 2.11. The molecule has 3 unspecified atom stereocenters. The number of esters is 1. The fourth-order valence-electron chi connectivity index (χ4n) is 0.986. The summed E-state index contributed by atoms with van der Waals surface area (Å²) in [6, 6.07) is 0. The Kier molecular flexibility index (Phi) is 6.86. The summed E-state index contributed by atoms with van der Waals surface area (Å²) < 4.78 is 4.39. The summed E-state index contributed by atoms with van der Waals surface area (Å²) in [5.74, 6) is -6.38. The maximum absolute atomic E-state index is 11.1. The highest BCUT2D eigenvalue weighted by Gasteiger charge is 2.34. The van der Waals surface area contributed by atoms with Gasteiger partial charge in [0.15, 0.2) is 6.10 Å². The maximum Gasteiger partial charge on any atom is 0.333 e. The monoisotopic (exact) mass is 266 g/mol. The lowest BCUT2D eigenvalue weighted by Gasteiger charge is -2.15. The lowest BCUT2D eigenvalue weighted by molar-refractivity contribution is -0.164. The Morgan fingerprint density at radius 1 is 1.06 bits per heavy atom. The second-order valence-electron chi connectivity index (χ2n) is 3.45. The van der Waals surface area contributed by atoms with Gasteiger partial charge in [-0.1, -0.05) is 0 Å². The Morgan fingerprint density at radius 3 is 2.00 bits per heavy atom.